The van der Waals surface area contributed by atoms with Gasteiger partial charge < -0.3 is 0 Å². The fraction of sp³-hybridized carbons (Fsp3) is 0.0667. The zero-order valence-electron chi connectivity index (χ0n) is 10.8. The number of nitrogens with zero attached hydrogens (tertiary/aromatic N) is 2. The summed E-state index contributed by atoms with van der Waals surface area (Å²) in [5.41, 5.74) is -0.255. The number of fused-ring (bicyclic) bond motifs is 1. The lowest BCUT2D eigenvalue weighted by molar-refractivity contribution is 0.581. The number of rotatable bonds is 1. The Morgan fingerprint density at radius 2 is 1.71 bits per heavy atom. The van der Waals surface area contributed by atoms with Crippen LogP contribution >= 0.6 is 11.6 Å². The molecule has 2 nitrogen and oxygen atoms in total. The van der Waals surface area contributed by atoms with Crippen molar-refractivity contribution in [1.29, 1.82) is 0 Å². The van der Waals surface area contributed by atoms with Gasteiger partial charge in [0.15, 0.2) is 5.82 Å². The third kappa shape index (κ3) is 2.23. The average molecular weight is 309 g/mol. The highest BCUT2D eigenvalue weighted by Crippen LogP contribution is 2.30. The van der Waals surface area contributed by atoms with Crippen LogP contribution in [0.4, 0.5) is 13.2 Å². The molecule has 0 radical (unpaired) electrons. The van der Waals surface area contributed by atoms with Gasteiger partial charge in [0.1, 0.15) is 28.1 Å². The van der Waals surface area contributed by atoms with Gasteiger partial charge in [-0.15, -0.1) is 0 Å². The highest BCUT2D eigenvalue weighted by Gasteiger charge is 2.19. The molecular formula is C15H8ClF3N2. The molecule has 0 aliphatic rings. The lowest BCUT2D eigenvalue weighted by Crippen LogP contribution is -2.00. The van der Waals surface area contributed by atoms with Gasteiger partial charge in [-0.1, -0.05) is 23.7 Å². The van der Waals surface area contributed by atoms with Crippen LogP contribution in [0.15, 0.2) is 30.3 Å². The van der Waals surface area contributed by atoms with Crippen molar-refractivity contribution >= 4 is 22.5 Å². The maximum atomic E-state index is 14.1. The van der Waals surface area contributed by atoms with E-state index in [2.05, 4.69) is 9.97 Å². The van der Waals surface area contributed by atoms with Crippen LogP contribution in [0.25, 0.3) is 22.3 Å². The number of hydrogen-bond acceptors (Lipinski definition) is 2. The molecule has 21 heavy (non-hydrogen) atoms. The molecule has 3 rings (SSSR count). The summed E-state index contributed by atoms with van der Waals surface area (Å²) in [6.45, 7) is 1.49. The summed E-state index contributed by atoms with van der Waals surface area (Å²) in [7, 11) is 0. The van der Waals surface area contributed by atoms with Gasteiger partial charge in [-0.3, -0.25) is 0 Å². The van der Waals surface area contributed by atoms with E-state index in [1.165, 1.54) is 31.2 Å². The smallest absolute Gasteiger partial charge is 0.167 e. The molecule has 0 N–H and O–H groups in total. The maximum Gasteiger partial charge on any atom is 0.167 e. The van der Waals surface area contributed by atoms with Gasteiger partial charge >= 0.3 is 0 Å². The molecule has 0 fully saturated rings. The molecule has 0 bridgehead atoms. The second-order valence-corrected chi connectivity index (χ2v) is 4.89. The number of para-hydroxylation sites is 1. The van der Waals surface area contributed by atoms with E-state index >= 15 is 0 Å². The molecule has 0 amide bonds. The first-order valence-corrected chi connectivity index (χ1v) is 6.43. The topological polar surface area (TPSA) is 25.8 Å². The summed E-state index contributed by atoms with van der Waals surface area (Å²) in [5, 5.41) is 0.226. The number of hydrogen-bond donors (Lipinski definition) is 0. The lowest BCUT2D eigenvalue weighted by Gasteiger charge is -2.08. The van der Waals surface area contributed by atoms with Crippen molar-refractivity contribution in [3.63, 3.8) is 0 Å². The molecule has 0 aliphatic carbocycles. The predicted octanol–water partition coefficient (Wildman–Crippen LogP) is 4.68. The molecule has 1 aromatic heterocycles. The van der Waals surface area contributed by atoms with Gasteiger partial charge in [0.25, 0.3) is 0 Å². The fourth-order valence-electron chi connectivity index (χ4n) is 2.05. The third-order valence-electron chi connectivity index (χ3n) is 3.14. The lowest BCUT2D eigenvalue weighted by atomic mass is 10.1. The fourth-order valence-corrected chi connectivity index (χ4v) is 2.29. The average Bonchev–Trinajstić information content (AvgIpc) is 2.45. The Kier molecular flexibility index (Phi) is 3.29. The number of benzene rings is 2. The van der Waals surface area contributed by atoms with E-state index in [9.17, 15) is 13.2 Å². The van der Waals surface area contributed by atoms with Crippen LogP contribution in [-0.2, 0) is 0 Å². The van der Waals surface area contributed by atoms with Crippen molar-refractivity contribution in [3.8, 4) is 11.4 Å². The van der Waals surface area contributed by atoms with Crippen molar-refractivity contribution < 1.29 is 13.2 Å². The maximum absolute atomic E-state index is 14.1. The summed E-state index contributed by atoms with van der Waals surface area (Å²) < 4.78 is 41.8. The Labute approximate surface area is 123 Å². The summed E-state index contributed by atoms with van der Waals surface area (Å²) in [4.78, 5) is 7.80. The first-order chi connectivity index (χ1) is 9.99. The molecule has 2 aromatic carbocycles. The SMILES string of the molecule is Cc1ccc(F)c(-c2nc(Cl)c3cccc(F)c3n2)c1F. The van der Waals surface area contributed by atoms with E-state index in [0.29, 0.717) is 0 Å². The number of halogens is 4. The second kappa shape index (κ2) is 5.00. The van der Waals surface area contributed by atoms with E-state index < -0.39 is 23.0 Å². The Morgan fingerprint density at radius 1 is 0.952 bits per heavy atom. The molecule has 3 aromatic rings. The molecule has 0 unspecified atom stereocenters. The molecule has 0 aliphatic heterocycles. The Hall–Kier alpha value is -2.14. The van der Waals surface area contributed by atoms with Gasteiger partial charge in [0.2, 0.25) is 0 Å². The van der Waals surface area contributed by atoms with E-state index in [-0.39, 0.29) is 27.4 Å². The van der Waals surface area contributed by atoms with Crippen LogP contribution in [0.3, 0.4) is 0 Å². The third-order valence-corrected chi connectivity index (χ3v) is 3.43. The monoisotopic (exact) mass is 308 g/mol. The van der Waals surface area contributed by atoms with Gasteiger partial charge in [-0.05, 0) is 30.7 Å². The van der Waals surface area contributed by atoms with E-state index in [4.69, 9.17) is 11.6 Å². The van der Waals surface area contributed by atoms with Crippen LogP contribution in [0, 0.1) is 24.4 Å². The minimum atomic E-state index is -0.829. The van der Waals surface area contributed by atoms with Gasteiger partial charge in [-0.2, -0.15) is 0 Å². The summed E-state index contributed by atoms with van der Waals surface area (Å²) in [5.74, 6) is -2.53. The van der Waals surface area contributed by atoms with E-state index in [1.807, 2.05) is 0 Å². The van der Waals surface area contributed by atoms with Crippen molar-refractivity contribution in [2.75, 3.05) is 0 Å². The van der Waals surface area contributed by atoms with E-state index in [0.717, 1.165) is 6.07 Å². The van der Waals surface area contributed by atoms with E-state index in [1.54, 1.807) is 0 Å². The Balaban J connectivity index is 2.37. The van der Waals surface area contributed by atoms with Crippen LogP contribution in [0.1, 0.15) is 5.56 Å². The minimum absolute atomic E-state index is 0.0604. The molecule has 0 spiro atoms. The quantitative estimate of drug-likeness (QED) is 0.610. The predicted molar refractivity (Wildman–Crippen MR) is 74.6 cm³/mol. The number of aromatic nitrogens is 2. The molecule has 6 heteroatoms. The Bertz CT molecular complexity index is 865. The first-order valence-electron chi connectivity index (χ1n) is 6.06. The minimum Gasteiger partial charge on any atom is -0.225 e. The first kappa shape index (κ1) is 13.8. The molecule has 0 saturated heterocycles. The Morgan fingerprint density at radius 3 is 2.48 bits per heavy atom. The summed E-state index contributed by atoms with van der Waals surface area (Å²) in [6.07, 6.45) is 0. The molecule has 0 atom stereocenters. The zero-order valence-corrected chi connectivity index (χ0v) is 11.5. The normalized spacial score (nSPS) is 11.1. The summed E-state index contributed by atoms with van der Waals surface area (Å²) >= 11 is 5.97. The van der Waals surface area contributed by atoms with Gasteiger partial charge in [-0.25, -0.2) is 23.1 Å². The number of aryl methyl sites for hydroxylation is 1. The van der Waals surface area contributed by atoms with Crippen molar-refractivity contribution in [3.05, 3.63) is 58.5 Å². The highest BCUT2D eigenvalue weighted by atomic mass is 35.5. The van der Waals surface area contributed by atoms with Crippen molar-refractivity contribution in [2.45, 2.75) is 6.92 Å². The summed E-state index contributed by atoms with van der Waals surface area (Å²) in [6, 6.07) is 6.60. The highest BCUT2D eigenvalue weighted by molar-refractivity contribution is 6.34. The second-order valence-electron chi connectivity index (χ2n) is 4.53. The standard InChI is InChI=1S/C15H8ClF3N2/c1-7-5-6-9(17)11(12(7)19)15-20-13-8(14(16)21-15)3-2-4-10(13)18/h2-6H,1H3. The van der Waals surface area contributed by atoms with Crippen LogP contribution in [-0.4, -0.2) is 9.97 Å². The van der Waals surface area contributed by atoms with Crippen LogP contribution < -0.4 is 0 Å². The largest absolute Gasteiger partial charge is 0.225 e. The van der Waals surface area contributed by atoms with Crippen molar-refractivity contribution in [2.24, 2.45) is 0 Å². The van der Waals surface area contributed by atoms with Crippen LogP contribution in [0.2, 0.25) is 5.15 Å². The van der Waals surface area contributed by atoms with Gasteiger partial charge in [0, 0.05) is 5.39 Å². The zero-order chi connectivity index (χ0) is 15.1. The molecule has 0 saturated carbocycles. The molecular weight excluding hydrogens is 301 g/mol. The van der Waals surface area contributed by atoms with Crippen molar-refractivity contribution in [1.82, 2.24) is 9.97 Å². The van der Waals surface area contributed by atoms with Crippen LogP contribution in [0.5, 0.6) is 0 Å². The molecule has 1 heterocycles. The van der Waals surface area contributed by atoms with Gasteiger partial charge in [0.05, 0.1) is 5.56 Å². The molecule has 106 valence electrons.